The lowest BCUT2D eigenvalue weighted by Crippen LogP contribution is -2.27. The van der Waals surface area contributed by atoms with E-state index >= 15 is 0 Å². The van der Waals surface area contributed by atoms with Crippen molar-refractivity contribution in [2.24, 2.45) is 4.99 Å². The molecule has 1 N–H and O–H groups in total. The van der Waals surface area contributed by atoms with Crippen molar-refractivity contribution in [1.82, 2.24) is 4.90 Å². The molecule has 0 amide bonds. The van der Waals surface area contributed by atoms with E-state index in [2.05, 4.69) is 4.99 Å². The standard InChI is InChI=1S/C20H18F4N2O2/c1-4-13(12-9-7-6-8-10-12)26(5-2)11(3)25-19-17(23)15(21)14(20(27)28)16(22)18(19)24/h4,6-10H,5H2,1-3H3,(H,27,28)/b13-4-,25-11?. The Bertz CT molecular complexity index is 927. The number of carboxylic acid groups (broad SMARTS) is 1. The van der Waals surface area contributed by atoms with Gasteiger partial charge in [-0.15, -0.1) is 0 Å². The van der Waals surface area contributed by atoms with Crippen LogP contribution in [0.4, 0.5) is 23.2 Å². The number of hydrogen-bond acceptors (Lipinski definition) is 2. The quantitative estimate of drug-likeness (QED) is 0.321. The van der Waals surface area contributed by atoms with E-state index in [4.69, 9.17) is 5.11 Å². The number of benzene rings is 2. The molecule has 0 aromatic heterocycles. The number of hydrogen-bond donors (Lipinski definition) is 1. The van der Waals surface area contributed by atoms with Crippen molar-refractivity contribution in [2.45, 2.75) is 20.8 Å². The normalized spacial score (nSPS) is 12.2. The van der Waals surface area contributed by atoms with Crippen molar-refractivity contribution in [3.63, 3.8) is 0 Å². The van der Waals surface area contributed by atoms with Gasteiger partial charge < -0.3 is 10.0 Å². The first kappa shape index (κ1) is 21.1. The maximum absolute atomic E-state index is 14.2. The third-order valence-corrected chi connectivity index (χ3v) is 4.07. The van der Waals surface area contributed by atoms with Gasteiger partial charge in [-0.25, -0.2) is 27.3 Å². The van der Waals surface area contributed by atoms with E-state index < -0.39 is 40.5 Å². The van der Waals surface area contributed by atoms with Gasteiger partial charge in [0.25, 0.3) is 0 Å². The summed E-state index contributed by atoms with van der Waals surface area (Å²) in [5, 5.41) is 8.76. The minimum absolute atomic E-state index is 0.0686. The van der Waals surface area contributed by atoms with E-state index in [0.717, 1.165) is 5.56 Å². The molecule has 0 heterocycles. The molecule has 4 nitrogen and oxygen atoms in total. The van der Waals surface area contributed by atoms with Crippen LogP contribution in [-0.2, 0) is 0 Å². The van der Waals surface area contributed by atoms with Gasteiger partial charge in [-0.05, 0) is 26.3 Å². The number of rotatable bonds is 5. The van der Waals surface area contributed by atoms with Gasteiger partial charge in [0, 0.05) is 12.2 Å². The fourth-order valence-corrected chi connectivity index (χ4v) is 2.79. The molecule has 8 heteroatoms. The molecule has 0 aliphatic heterocycles. The molecule has 0 fully saturated rings. The Morgan fingerprint density at radius 2 is 1.61 bits per heavy atom. The molecule has 0 radical (unpaired) electrons. The monoisotopic (exact) mass is 394 g/mol. The van der Waals surface area contributed by atoms with Crippen LogP contribution in [0.1, 0.15) is 36.7 Å². The summed E-state index contributed by atoms with van der Waals surface area (Å²) in [5.41, 5.74) is -1.44. The first-order valence-electron chi connectivity index (χ1n) is 8.38. The van der Waals surface area contributed by atoms with Gasteiger partial charge in [-0.1, -0.05) is 36.4 Å². The van der Waals surface area contributed by atoms with Crippen molar-refractivity contribution in [3.8, 4) is 0 Å². The van der Waals surface area contributed by atoms with Crippen LogP contribution in [0, 0.1) is 23.3 Å². The Morgan fingerprint density at radius 1 is 1.07 bits per heavy atom. The Balaban J connectivity index is 2.59. The highest BCUT2D eigenvalue weighted by atomic mass is 19.2. The first-order chi connectivity index (χ1) is 13.2. The summed E-state index contributed by atoms with van der Waals surface area (Å²) >= 11 is 0. The number of aliphatic imine (C=N–C) groups is 1. The van der Waals surface area contributed by atoms with E-state index in [1.54, 1.807) is 24.8 Å². The first-order valence-corrected chi connectivity index (χ1v) is 8.38. The van der Waals surface area contributed by atoms with Crippen molar-refractivity contribution in [2.75, 3.05) is 6.54 Å². The largest absolute Gasteiger partial charge is 0.477 e. The van der Waals surface area contributed by atoms with Gasteiger partial charge in [-0.2, -0.15) is 0 Å². The number of aromatic carboxylic acids is 1. The van der Waals surface area contributed by atoms with Crippen LogP contribution in [-0.4, -0.2) is 28.4 Å². The third-order valence-electron chi connectivity index (χ3n) is 4.07. The van der Waals surface area contributed by atoms with Crippen molar-refractivity contribution in [3.05, 3.63) is 70.8 Å². The third kappa shape index (κ3) is 3.90. The number of nitrogens with zero attached hydrogens (tertiary/aromatic N) is 2. The van der Waals surface area contributed by atoms with Gasteiger partial charge in [0.05, 0.1) is 0 Å². The molecule has 2 aromatic rings. The second-order valence-corrected chi connectivity index (χ2v) is 5.73. The van der Waals surface area contributed by atoms with Crippen molar-refractivity contribution < 1.29 is 27.5 Å². The van der Waals surface area contributed by atoms with E-state index in [1.165, 1.54) is 6.92 Å². The molecular formula is C20H18F4N2O2. The summed E-state index contributed by atoms with van der Waals surface area (Å²) in [4.78, 5) is 16.2. The zero-order valence-corrected chi connectivity index (χ0v) is 15.4. The van der Waals surface area contributed by atoms with Crippen LogP contribution < -0.4 is 0 Å². The predicted octanol–water partition coefficient (Wildman–Crippen LogP) is 5.37. The Kier molecular flexibility index (Phi) is 6.56. The number of halogens is 4. The van der Waals surface area contributed by atoms with E-state index in [9.17, 15) is 22.4 Å². The lowest BCUT2D eigenvalue weighted by molar-refractivity contribution is 0.0683. The van der Waals surface area contributed by atoms with Gasteiger partial charge >= 0.3 is 5.97 Å². The summed E-state index contributed by atoms with van der Waals surface area (Å²) in [5.74, 6) is -9.79. The minimum atomic E-state index is -2.12. The highest BCUT2D eigenvalue weighted by molar-refractivity contribution is 5.92. The molecule has 0 bridgehead atoms. The Hall–Kier alpha value is -3.16. The molecule has 28 heavy (non-hydrogen) atoms. The van der Waals surface area contributed by atoms with Crippen molar-refractivity contribution in [1.29, 1.82) is 0 Å². The SMILES string of the molecule is C/C=C(/c1ccccc1)N(CC)C(C)=Nc1c(F)c(F)c(C(=O)O)c(F)c1F. The summed E-state index contributed by atoms with van der Waals surface area (Å²) in [6.45, 7) is 5.31. The molecule has 0 atom stereocenters. The fourth-order valence-electron chi connectivity index (χ4n) is 2.79. The molecular weight excluding hydrogens is 376 g/mol. The maximum atomic E-state index is 14.2. The van der Waals surface area contributed by atoms with Gasteiger partial charge in [0.2, 0.25) is 0 Å². The van der Waals surface area contributed by atoms with E-state index in [0.29, 0.717) is 12.2 Å². The number of carbonyl (C=O) groups is 1. The zero-order chi connectivity index (χ0) is 21.0. The molecule has 2 rings (SSSR count). The summed E-state index contributed by atoms with van der Waals surface area (Å²) in [6.07, 6.45) is 1.76. The van der Waals surface area contributed by atoms with Crippen LogP contribution in [0.3, 0.4) is 0 Å². The van der Waals surface area contributed by atoms with Gasteiger partial charge in [-0.3, -0.25) is 0 Å². The van der Waals surface area contributed by atoms with Crippen LogP contribution in [0.5, 0.6) is 0 Å². The van der Waals surface area contributed by atoms with E-state index in [-0.39, 0.29) is 5.84 Å². The molecule has 0 aliphatic carbocycles. The van der Waals surface area contributed by atoms with Gasteiger partial charge in [0.1, 0.15) is 17.1 Å². The summed E-state index contributed by atoms with van der Waals surface area (Å²) in [6, 6.07) is 9.11. The van der Waals surface area contributed by atoms with E-state index in [1.807, 2.05) is 30.3 Å². The molecule has 0 spiro atoms. The Morgan fingerprint density at radius 3 is 2.04 bits per heavy atom. The second kappa shape index (κ2) is 8.69. The zero-order valence-electron chi connectivity index (χ0n) is 15.4. The number of amidine groups is 1. The topological polar surface area (TPSA) is 52.9 Å². The summed E-state index contributed by atoms with van der Waals surface area (Å²) < 4.78 is 56.3. The van der Waals surface area contributed by atoms with Crippen LogP contribution in [0.15, 0.2) is 41.4 Å². The Labute approximate surface area is 159 Å². The smallest absolute Gasteiger partial charge is 0.341 e. The molecule has 0 saturated heterocycles. The average molecular weight is 394 g/mol. The summed E-state index contributed by atoms with van der Waals surface area (Å²) in [7, 11) is 0. The average Bonchev–Trinajstić information content (AvgIpc) is 2.68. The van der Waals surface area contributed by atoms with Crippen LogP contribution in [0.2, 0.25) is 0 Å². The second-order valence-electron chi connectivity index (χ2n) is 5.73. The molecule has 0 unspecified atom stereocenters. The van der Waals surface area contributed by atoms with Crippen molar-refractivity contribution >= 4 is 23.2 Å². The fraction of sp³-hybridized carbons (Fsp3) is 0.200. The van der Waals surface area contributed by atoms with Gasteiger partial charge in [0.15, 0.2) is 23.3 Å². The molecule has 148 valence electrons. The van der Waals surface area contributed by atoms with Crippen LogP contribution in [0.25, 0.3) is 5.70 Å². The van der Waals surface area contributed by atoms with Crippen LogP contribution >= 0.6 is 0 Å². The molecule has 2 aromatic carbocycles. The maximum Gasteiger partial charge on any atom is 0.341 e. The highest BCUT2D eigenvalue weighted by Crippen LogP contribution is 2.31. The highest BCUT2D eigenvalue weighted by Gasteiger charge is 2.29. The minimum Gasteiger partial charge on any atom is -0.477 e. The molecule has 0 aliphatic rings. The number of carboxylic acids is 1. The number of allylic oxidation sites excluding steroid dienone is 1. The predicted molar refractivity (Wildman–Crippen MR) is 98.5 cm³/mol. The molecule has 0 saturated carbocycles. The lowest BCUT2D eigenvalue weighted by Gasteiger charge is -2.26. The lowest BCUT2D eigenvalue weighted by atomic mass is 10.1.